The molecule has 30 heavy (non-hydrogen) atoms. The average Bonchev–Trinajstić information content (AvgIpc) is 3.30. The first-order valence-electron chi connectivity index (χ1n) is 10.1. The number of carbonyl (C=O) groups is 2. The summed E-state index contributed by atoms with van der Waals surface area (Å²) in [6, 6.07) is 20.3. The summed E-state index contributed by atoms with van der Waals surface area (Å²) in [7, 11) is 0. The predicted octanol–water partition coefficient (Wildman–Crippen LogP) is 4.08. The number of nitrogens with one attached hydrogen (secondary N) is 2. The maximum atomic E-state index is 12.5. The summed E-state index contributed by atoms with van der Waals surface area (Å²) in [5.41, 5.74) is 2.16. The quantitative estimate of drug-likeness (QED) is 0.563. The summed E-state index contributed by atoms with van der Waals surface area (Å²) < 4.78 is 5.55. The van der Waals surface area contributed by atoms with Crippen molar-refractivity contribution >= 4 is 17.5 Å². The Kier molecular flexibility index (Phi) is 7.40. The van der Waals surface area contributed by atoms with Crippen LogP contribution in [-0.4, -0.2) is 36.3 Å². The van der Waals surface area contributed by atoms with E-state index in [1.54, 1.807) is 35.4 Å². The lowest BCUT2D eigenvalue weighted by molar-refractivity contribution is -0.115. The van der Waals surface area contributed by atoms with Crippen molar-refractivity contribution in [2.75, 3.05) is 25.0 Å². The lowest BCUT2D eigenvalue weighted by Gasteiger charge is -2.19. The number of hydrogen-bond donors (Lipinski definition) is 2. The van der Waals surface area contributed by atoms with Gasteiger partial charge in [-0.05, 0) is 49.7 Å². The van der Waals surface area contributed by atoms with Gasteiger partial charge in [0.2, 0.25) is 5.91 Å². The van der Waals surface area contributed by atoms with Gasteiger partial charge in [-0.25, -0.2) is 0 Å². The molecule has 3 rings (SSSR count). The lowest BCUT2D eigenvalue weighted by atomic mass is 10.0. The summed E-state index contributed by atoms with van der Waals surface area (Å²) in [6.07, 6.45) is 1.62. The second kappa shape index (κ2) is 10.4. The molecule has 0 fully saturated rings. The average molecular weight is 405 g/mol. The van der Waals surface area contributed by atoms with Gasteiger partial charge in [-0.1, -0.05) is 36.4 Å². The monoisotopic (exact) mass is 405 g/mol. The van der Waals surface area contributed by atoms with Gasteiger partial charge >= 0.3 is 0 Å². The van der Waals surface area contributed by atoms with Crippen molar-refractivity contribution < 1.29 is 14.0 Å². The Morgan fingerprint density at radius 2 is 1.73 bits per heavy atom. The Labute approximate surface area is 176 Å². The summed E-state index contributed by atoms with van der Waals surface area (Å²) in [5, 5.41) is 6.11. The summed E-state index contributed by atoms with van der Waals surface area (Å²) >= 11 is 0. The molecule has 0 saturated heterocycles. The van der Waals surface area contributed by atoms with Crippen molar-refractivity contribution in [3.05, 3.63) is 89.9 Å². The number of amides is 2. The van der Waals surface area contributed by atoms with E-state index < -0.39 is 0 Å². The van der Waals surface area contributed by atoms with Crippen LogP contribution < -0.4 is 10.6 Å². The first-order chi connectivity index (χ1) is 14.6. The number of rotatable bonds is 9. The number of benzene rings is 2. The highest BCUT2D eigenvalue weighted by Crippen LogP contribution is 2.22. The molecular weight excluding hydrogens is 378 g/mol. The van der Waals surface area contributed by atoms with Crippen molar-refractivity contribution in [3.8, 4) is 0 Å². The highest BCUT2D eigenvalue weighted by molar-refractivity contribution is 5.97. The number of nitrogens with zero attached hydrogens (tertiary/aromatic N) is 1. The highest BCUT2D eigenvalue weighted by atomic mass is 16.3. The fourth-order valence-electron chi connectivity index (χ4n) is 3.31. The van der Waals surface area contributed by atoms with Crippen molar-refractivity contribution in [2.24, 2.45) is 0 Å². The molecule has 0 bridgehead atoms. The van der Waals surface area contributed by atoms with Crippen molar-refractivity contribution in [1.29, 1.82) is 0 Å². The Morgan fingerprint density at radius 1 is 0.967 bits per heavy atom. The third-order valence-electron chi connectivity index (χ3n) is 4.87. The Hall–Kier alpha value is -3.38. The second-order valence-corrected chi connectivity index (χ2v) is 6.85. The van der Waals surface area contributed by atoms with Crippen LogP contribution in [0.1, 0.15) is 41.6 Å². The molecule has 0 aliphatic heterocycles. The number of carbonyl (C=O) groups excluding carboxylic acids is 2. The van der Waals surface area contributed by atoms with Gasteiger partial charge in [0.25, 0.3) is 5.91 Å². The van der Waals surface area contributed by atoms with Crippen molar-refractivity contribution in [3.63, 3.8) is 0 Å². The van der Waals surface area contributed by atoms with Crippen LogP contribution in [0.25, 0.3) is 0 Å². The molecule has 1 aromatic heterocycles. The smallest absolute Gasteiger partial charge is 0.253 e. The Balaban J connectivity index is 1.65. The van der Waals surface area contributed by atoms with E-state index >= 15 is 0 Å². The topological polar surface area (TPSA) is 74.6 Å². The molecule has 0 unspecified atom stereocenters. The first-order valence-corrected chi connectivity index (χ1v) is 10.1. The summed E-state index contributed by atoms with van der Waals surface area (Å²) in [6.45, 7) is 5.27. The van der Waals surface area contributed by atoms with E-state index in [2.05, 4.69) is 10.6 Å². The molecule has 3 aromatic rings. The van der Waals surface area contributed by atoms with E-state index in [9.17, 15) is 9.59 Å². The molecule has 1 atom stereocenters. The minimum Gasteiger partial charge on any atom is -0.467 e. The molecular formula is C24H27N3O3. The highest BCUT2D eigenvalue weighted by Gasteiger charge is 2.18. The summed E-state index contributed by atoms with van der Waals surface area (Å²) in [5.74, 6) is 0.493. The van der Waals surface area contributed by atoms with Crippen LogP contribution >= 0.6 is 0 Å². The predicted molar refractivity (Wildman–Crippen MR) is 117 cm³/mol. The van der Waals surface area contributed by atoms with Gasteiger partial charge in [-0.3, -0.25) is 14.9 Å². The standard InChI is InChI=1S/C24H27N3O3/c1-3-27(4-2)24(29)19-12-8-13-20(16-19)26-22(28)17-25-23(21-14-9-15-30-21)18-10-6-5-7-11-18/h5-16,23,25H,3-4,17H2,1-2H3,(H,26,28)/t23-/m1/s1. The zero-order valence-electron chi connectivity index (χ0n) is 17.3. The SMILES string of the molecule is CCN(CC)C(=O)c1cccc(NC(=O)CN[C@H](c2ccccc2)c2ccco2)c1. The molecule has 6 heteroatoms. The normalized spacial score (nSPS) is 11.7. The second-order valence-electron chi connectivity index (χ2n) is 6.85. The third-order valence-corrected chi connectivity index (χ3v) is 4.87. The maximum Gasteiger partial charge on any atom is 0.253 e. The molecule has 0 saturated carbocycles. The van der Waals surface area contributed by atoms with E-state index in [1.165, 1.54) is 0 Å². The van der Waals surface area contributed by atoms with Crippen LogP contribution in [0.15, 0.2) is 77.4 Å². The van der Waals surface area contributed by atoms with Crippen LogP contribution in [0.3, 0.4) is 0 Å². The van der Waals surface area contributed by atoms with Gasteiger partial charge in [0, 0.05) is 24.3 Å². The van der Waals surface area contributed by atoms with Gasteiger partial charge in [0.05, 0.1) is 18.8 Å². The molecule has 2 amide bonds. The molecule has 0 aliphatic rings. The van der Waals surface area contributed by atoms with Crippen molar-refractivity contribution in [1.82, 2.24) is 10.2 Å². The Bertz CT molecular complexity index is 951. The zero-order chi connectivity index (χ0) is 21.3. The van der Waals surface area contributed by atoms with Crippen LogP contribution in [0, 0.1) is 0 Å². The van der Waals surface area contributed by atoms with Crippen LogP contribution in [0.2, 0.25) is 0 Å². The molecule has 2 aromatic carbocycles. The lowest BCUT2D eigenvalue weighted by Crippen LogP contribution is -2.32. The number of anilines is 1. The van der Waals surface area contributed by atoms with E-state index in [1.807, 2.05) is 56.3 Å². The van der Waals surface area contributed by atoms with Crippen LogP contribution in [0.4, 0.5) is 5.69 Å². The third kappa shape index (κ3) is 5.36. The van der Waals surface area contributed by atoms with E-state index in [0.29, 0.717) is 24.3 Å². The van der Waals surface area contributed by atoms with Gasteiger partial charge in [-0.2, -0.15) is 0 Å². The maximum absolute atomic E-state index is 12.5. The Morgan fingerprint density at radius 3 is 2.40 bits per heavy atom. The molecule has 1 heterocycles. The molecule has 2 N–H and O–H groups in total. The fourth-order valence-corrected chi connectivity index (χ4v) is 3.31. The minimum atomic E-state index is -0.234. The van der Waals surface area contributed by atoms with E-state index in [0.717, 1.165) is 11.3 Å². The largest absolute Gasteiger partial charge is 0.467 e. The number of hydrogen-bond acceptors (Lipinski definition) is 4. The molecule has 6 nitrogen and oxygen atoms in total. The zero-order valence-corrected chi connectivity index (χ0v) is 17.3. The van der Waals surface area contributed by atoms with Gasteiger partial charge in [0.15, 0.2) is 0 Å². The van der Waals surface area contributed by atoms with Crippen LogP contribution in [0.5, 0.6) is 0 Å². The van der Waals surface area contributed by atoms with Gasteiger partial charge < -0.3 is 14.6 Å². The first kappa shape index (κ1) is 21.3. The van der Waals surface area contributed by atoms with E-state index in [4.69, 9.17) is 4.42 Å². The number of furan rings is 1. The molecule has 0 radical (unpaired) electrons. The van der Waals surface area contributed by atoms with E-state index in [-0.39, 0.29) is 24.4 Å². The van der Waals surface area contributed by atoms with Gasteiger partial charge in [0.1, 0.15) is 5.76 Å². The summed E-state index contributed by atoms with van der Waals surface area (Å²) in [4.78, 5) is 26.8. The molecule has 0 aliphatic carbocycles. The van der Waals surface area contributed by atoms with Gasteiger partial charge in [-0.15, -0.1) is 0 Å². The molecule has 0 spiro atoms. The van der Waals surface area contributed by atoms with Crippen molar-refractivity contribution in [2.45, 2.75) is 19.9 Å². The fraction of sp³-hybridized carbons (Fsp3) is 0.250. The minimum absolute atomic E-state index is 0.0452. The van der Waals surface area contributed by atoms with Crippen LogP contribution in [-0.2, 0) is 4.79 Å². The molecule has 156 valence electrons.